The number of hydrogen-bond acceptors (Lipinski definition) is 5. The molecule has 5 nitrogen and oxygen atoms in total. The number of anilines is 2. The molecule has 2 fully saturated rings. The van der Waals surface area contributed by atoms with Gasteiger partial charge >= 0.3 is 0 Å². The zero-order chi connectivity index (χ0) is 13.4. The van der Waals surface area contributed by atoms with Crippen molar-refractivity contribution in [3.05, 3.63) is 11.0 Å². The first-order valence-electron chi connectivity index (χ1n) is 6.90. The number of halogens is 1. The third kappa shape index (κ3) is 2.92. The Bertz CT molecular complexity index is 466. The fraction of sp³-hybridized carbons (Fsp3) is 0.692. The fourth-order valence-corrected chi connectivity index (χ4v) is 2.79. The van der Waals surface area contributed by atoms with Crippen molar-refractivity contribution in [2.45, 2.75) is 19.8 Å². The summed E-state index contributed by atoms with van der Waals surface area (Å²) in [5, 5.41) is 0.280. The Hall–Kier alpha value is -1.07. The molecule has 1 saturated heterocycles. The van der Waals surface area contributed by atoms with Gasteiger partial charge in [-0.1, -0.05) is 0 Å². The lowest BCUT2D eigenvalue weighted by Gasteiger charge is -2.36. The summed E-state index contributed by atoms with van der Waals surface area (Å²) in [5.74, 6) is 1.75. The molecule has 1 aliphatic heterocycles. The van der Waals surface area contributed by atoms with Crippen molar-refractivity contribution >= 4 is 23.1 Å². The second-order valence-electron chi connectivity index (χ2n) is 5.55. The predicted molar refractivity (Wildman–Crippen MR) is 77.6 cm³/mol. The van der Waals surface area contributed by atoms with E-state index in [1.54, 1.807) is 0 Å². The smallest absolute Gasteiger partial charge is 0.224 e. The molecule has 3 rings (SSSR count). The first kappa shape index (κ1) is 12.9. The highest BCUT2D eigenvalue weighted by Crippen LogP contribution is 2.31. The van der Waals surface area contributed by atoms with Gasteiger partial charge in [-0.05, 0) is 37.3 Å². The maximum atomic E-state index is 6.07. The van der Waals surface area contributed by atoms with Crippen LogP contribution in [0.2, 0.25) is 5.28 Å². The lowest BCUT2D eigenvalue weighted by molar-refractivity contribution is 0.247. The topological polar surface area (TPSA) is 58.3 Å². The summed E-state index contributed by atoms with van der Waals surface area (Å²) in [7, 11) is 0. The van der Waals surface area contributed by atoms with E-state index >= 15 is 0 Å². The van der Waals surface area contributed by atoms with Crippen LogP contribution in [-0.2, 0) is 0 Å². The minimum atomic E-state index is 0.280. The number of hydrogen-bond donors (Lipinski definition) is 1. The standard InChI is InChI=1S/C13H20ClN5/c1-9-11(15)12(17-13(14)16-9)19-6-4-18(5-7-19)8-10-2-3-10/h10H,2-8,15H2,1H3. The minimum absolute atomic E-state index is 0.280. The highest BCUT2D eigenvalue weighted by molar-refractivity contribution is 6.28. The van der Waals surface area contributed by atoms with Crippen molar-refractivity contribution < 1.29 is 0 Å². The summed E-state index contributed by atoms with van der Waals surface area (Å²) in [6, 6.07) is 0. The van der Waals surface area contributed by atoms with Gasteiger partial charge in [-0.3, -0.25) is 4.90 Å². The van der Waals surface area contributed by atoms with Crippen LogP contribution in [0.3, 0.4) is 0 Å². The van der Waals surface area contributed by atoms with E-state index in [0.29, 0.717) is 5.69 Å². The van der Waals surface area contributed by atoms with Crippen LogP contribution in [0.5, 0.6) is 0 Å². The minimum Gasteiger partial charge on any atom is -0.394 e. The van der Waals surface area contributed by atoms with Crippen LogP contribution in [0.4, 0.5) is 11.5 Å². The Morgan fingerprint density at radius 2 is 1.89 bits per heavy atom. The van der Waals surface area contributed by atoms with Gasteiger partial charge in [0.05, 0.1) is 11.4 Å². The second-order valence-corrected chi connectivity index (χ2v) is 5.88. The van der Waals surface area contributed by atoms with E-state index in [2.05, 4.69) is 19.8 Å². The quantitative estimate of drug-likeness (QED) is 0.852. The monoisotopic (exact) mass is 281 g/mol. The van der Waals surface area contributed by atoms with Gasteiger partial charge in [-0.25, -0.2) is 4.98 Å². The first-order valence-corrected chi connectivity index (χ1v) is 7.28. The molecule has 0 radical (unpaired) electrons. The second kappa shape index (κ2) is 5.13. The van der Waals surface area contributed by atoms with Crippen LogP contribution in [0, 0.1) is 12.8 Å². The van der Waals surface area contributed by atoms with Crippen LogP contribution in [-0.4, -0.2) is 47.6 Å². The predicted octanol–water partition coefficient (Wildman–Crippen LogP) is 1.55. The number of nitrogens with two attached hydrogens (primary N) is 1. The van der Waals surface area contributed by atoms with Gasteiger partial charge in [0, 0.05) is 32.7 Å². The summed E-state index contributed by atoms with van der Waals surface area (Å²) >= 11 is 5.93. The Morgan fingerprint density at radius 1 is 1.21 bits per heavy atom. The van der Waals surface area contributed by atoms with Crippen molar-refractivity contribution in [2.75, 3.05) is 43.4 Å². The molecule has 0 aromatic carbocycles. The SMILES string of the molecule is Cc1nc(Cl)nc(N2CCN(CC3CC3)CC2)c1N. The molecule has 1 aromatic heterocycles. The zero-order valence-electron chi connectivity index (χ0n) is 11.3. The molecule has 1 saturated carbocycles. The van der Waals surface area contributed by atoms with Crippen molar-refractivity contribution in [3.8, 4) is 0 Å². The summed E-state index contributed by atoms with van der Waals surface area (Å²) < 4.78 is 0. The van der Waals surface area contributed by atoms with Gasteiger partial charge in [0.25, 0.3) is 0 Å². The molecule has 19 heavy (non-hydrogen) atoms. The highest BCUT2D eigenvalue weighted by atomic mass is 35.5. The molecule has 0 amide bonds. The first-order chi connectivity index (χ1) is 9.13. The van der Waals surface area contributed by atoms with E-state index < -0.39 is 0 Å². The molecule has 2 N–H and O–H groups in total. The van der Waals surface area contributed by atoms with Crippen LogP contribution >= 0.6 is 11.6 Å². The van der Waals surface area contributed by atoms with Crippen LogP contribution in [0.1, 0.15) is 18.5 Å². The zero-order valence-corrected chi connectivity index (χ0v) is 12.0. The molecule has 1 aromatic rings. The molecule has 1 aliphatic carbocycles. The summed E-state index contributed by atoms with van der Waals surface area (Å²) in [6.45, 7) is 7.21. The van der Waals surface area contributed by atoms with E-state index in [-0.39, 0.29) is 5.28 Å². The number of aryl methyl sites for hydroxylation is 1. The summed E-state index contributed by atoms with van der Waals surface area (Å²) in [5.41, 5.74) is 7.48. The molecule has 0 spiro atoms. The number of nitrogens with zero attached hydrogens (tertiary/aromatic N) is 4. The number of piperazine rings is 1. The van der Waals surface area contributed by atoms with E-state index in [4.69, 9.17) is 17.3 Å². The molecule has 104 valence electrons. The maximum absolute atomic E-state index is 6.07. The van der Waals surface area contributed by atoms with Crippen molar-refractivity contribution in [3.63, 3.8) is 0 Å². The number of nitrogen functional groups attached to an aromatic ring is 1. The number of rotatable bonds is 3. The van der Waals surface area contributed by atoms with Crippen LogP contribution in [0.25, 0.3) is 0 Å². The largest absolute Gasteiger partial charge is 0.394 e. The Labute approximate surface area is 118 Å². The normalized spacial score (nSPS) is 20.8. The molecule has 0 bridgehead atoms. The summed E-state index contributed by atoms with van der Waals surface area (Å²) in [6.07, 6.45) is 2.82. The highest BCUT2D eigenvalue weighted by Gasteiger charge is 2.27. The third-order valence-electron chi connectivity index (χ3n) is 3.97. The van der Waals surface area contributed by atoms with Gasteiger partial charge in [-0.15, -0.1) is 0 Å². The molecular formula is C13H20ClN5. The Morgan fingerprint density at radius 3 is 2.53 bits per heavy atom. The molecular weight excluding hydrogens is 262 g/mol. The van der Waals surface area contributed by atoms with E-state index in [9.17, 15) is 0 Å². The van der Waals surface area contributed by atoms with Crippen molar-refractivity contribution in [2.24, 2.45) is 5.92 Å². The molecule has 2 heterocycles. The van der Waals surface area contributed by atoms with Gasteiger partial charge in [-0.2, -0.15) is 4.98 Å². The fourth-order valence-electron chi connectivity index (χ4n) is 2.58. The van der Waals surface area contributed by atoms with Crippen molar-refractivity contribution in [1.82, 2.24) is 14.9 Å². The van der Waals surface area contributed by atoms with Crippen LogP contribution in [0.15, 0.2) is 0 Å². The van der Waals surface area contributed by atoms with Crippen molar-refractivity contribution in [1.29, 1.82) is 0 Å². The third-order valence-corrected chi connectivity index (χ3v) is 4.14. The van der Waals surface area contributed by atoms with Gasteiger partial charge in [0.1, 0.15) is 0 Å². The average Bonchev–Trinajstić information content (AvgIpc) is 3.19. The maximum Gasteiger partial charge on any atom is 0.224 e. The average molecular weight is 282 g/mol. The Kier molecular flexibility index (Phi) is 3.50. The van der Waals surface area contributed by atoms with E-state index in [1.807, 2.05) is 6.92 Å². The van der Waals surface area contributed by atoms with Gasteiger partial charge < -0.3 is 10.6 Å². The summed E-state index contributed by atoms with van der Waals surface area (Å²) in [4.78, 5) is 13.1. The Balaban J connectivity index is 1.67. The lowest BCUT2D eigenvalue weighted by Crippen LogP contribution is -2.47. The van der Waals surface area contributed by atoms with E-state index in [1.165, 1.54) is 19.4 Å². The van der Waals surface area contributed by atoms with Gasteiger partial charge in [0.15, 0.2) is 5.82 Å². The van der Waals surface area contributed by atoms with Crippen LogP contribution < -0.4 is 10.6 Å². The number of aromatic nitrogens is 2. The van der Waals surface area contributed by atoms with E-state index in [0.717, 1.165) is 43.6 Å². The molecule has 0 unspecified atom stereocenters. The molecule has 0 atom stereocenters. The lowest BCUT2D eigenvalue weighted by atomic mass is 10.2. The molecule has 2 aliphatic rings. The molecule has 6 heteroatoms. The van der Waals surface area contributed by atoms with Gasteiger partial charge in [0.2, 0.25) is 5.28 Å².